The lowest BCUT2D eigenvalue weighted by Gasteiger charge is -2.06. The molecular weight excluding hydrogens is 300 g/mol. The normalized spacial score (nSPS) is 10.4. The molecule has 1 aromatic carbocycles. The largest absolute Gasteiger partial charge is 0.487 e. The van der Waals surface area contributed by atoms with Crippen LogP contribution in [0.15, 0.2) is 42.0 Å². The van der Waals surface area contributed by atoms with E-state index in [4.69, 9.17) is 4.74 Å². The topological polar surface area (TPSA) is 79.9 Å². The number of H-pyrrole nitrogens is 1. The molecule has 1 amide bonds. The molecule has 22 heavy (non-hydrogen) atoms. The van der Waals surface area contributed by atoms with Gasteiger partial charge in [-0.15, -0.1) is 11.3 Å². The minimum absolute atomic E-state index is 0.192. The molecule has 0 fully saturated rings. The van der Waals surface area contributed by atoms with E-state index in [1.165, 1.54) is 0 Å². The van der Waals surface area contributed by atoms with Crippen LogP contribution in [0.5, 0.6) is 5.75 Å². The number of hydrogen-bond acceptors (Lipinski definition) is 5. The highest BCUT2D eigenvalue weighted by molar-refractivity contribution is 7.09. The number of ether oxygens (including phenoxy) is 1. The summed E-state index contributed by atoms with van der Waals surface area (Å²) in [5.74, 6) is 0.508. The molecule has 2 heterocycles. The second-order valence-electron chi connectivity index (χ2n) is 4.61. The highest BCUT2D eigenvalue weighted by Crippen LogP contribution is 2.16. The molecule has 0 radical (unpaired) electrons. The zero-order chi connectivity index (χ0) is 15.4. The summed E-state index contributed by atoms with van der Waals surface area (Å²) in [7, 11) is 0. The van der Waals surface area contributed by atoms with E-state index in [1.54, 1.807) is 48.0 Å². The average Bonchev–Trinajstić information content (AvgIpc) is 3.17. The lowest BCUT2D eigenvalue weighted by Crippen LogP contribution is -2.11. The molecule has 0 saturated carbocycles. The van der Waals surface area contributed by atoms with Crippen molar-refractivity contribution >= 4 is 22.9 Å². The number of carbonyl (C=O) groups is 1. The lowest BCUT2D eigenvalue weighted by molar-refractivity contribution is 0.102. The summed E-state index contributed by atoms with van der Waals surface area (Å²) < 4.78 is 5.64. The van der Waals surface area contributed by atoms with Crippen molar-refractivity contribution in [2.24, 2.45) is 0 Å². The zero-order valence-corrected chi connectivity index (χ0v) is 12.7. The molecule has 112 valence electrons. The van der Waals surface area contributed by atoms with Crippen LogP contribution in [-0.4, -0.2) is 21.1 Å². The summed E-state index contributed by atoms with van der Waals surface area (Å²) in [4.78, 5) is 16.3. The van der Waals surface area contributed by atoms with E-state index in [1.807, 2.05) is 12.3 Å². The monoisotopic (exact) mass is 314 g/mol. The molecule has 0 aliphatic heterocycles. The van der Waals surface area contributed by atoms with Crippen molar-refractivity contribution in [2.75, 3.05) is 5.32 Å². The van der Waals surface area contributed by atoms with E-state index < -0.39 is 0 Å². The molecule has 0 spiro atoms. The maximum Gasteiger partial charge on any atom is 0.255 e. The summed E-state index contributed by atoms with van der Waals surface area (Å²) in [6.45, 7) is 2.38. The van der Waals surface area contributed by atoms with Crippen LogP contribution in [0.3, 0.4) is 0 Å². The number of aromatic amines is 1. The number of amides is 1. The Hall–Kier alpha value is -2.67. The number of aryl methyl sites for hydroxylation is 1. The van der Waals surface area contributed by atoms with Crippen molar-refractivity contribution in [3.05, 3.63) is 58.3 Å². The van der Waals surface area contributed by atoms with Crippen LogP contribution in [0, 0.1) is 6.92 Å². The third-order valence-corrected chi connectivity index (χ3v) is 3.75. The number of hydrogen-bond donors (Lipinski definition) is 2. The van der Waals surface area contributed by atoms with Crippen molar-refractivity contribution in [3.63, 3.8) is 0 Å². The van der Waals surface area contributed by atoms with Crippen LogP contribution in [0.1, 0.15) is 21.1 Å². The smallest absolute Gasteiger partial charge is 0.255 e. The molecule has 0 aliphatic carbocycles. The van der Waals surface area contributed by atoms with Gasteiger partial charge in [0, 0.05) is 17.1 Å². The Morgan fingerprint density at radius 1 is 1.36 bits per heavy atom. The van der Waals surface area contributed by atoms with E-state index in [0.29, 0.717) is 23.6 Å². The van der Waals surface area contributed by atoms with Crippen molar-refractivity contribution < 1.29 is 9.53 Å². The Kier molecular flexibility index (Phi) is 4.15. The first-order chi connectivity index (χ1) is 10.7. The number of nitrogens with one attached hydrogen (secondary N) is 2. The van der Waals surface area contributed by atoms with Crippen molar-refractivity contribution in [3.8, 4) is 5.75 Å². The summed E-state index contributed by atoms with van der Waals surface area (Å²) in [5.41, 5.74) is 2.09. The molecular formula is C15H14N4O2S. The predicted octanol–water partition coefficient (Wildman–Crippen LogP) is 3.01. The van der Waals surface area contributed by atoms with Gasteiger partial charge in [0.1, 0.15) is 12.4 Å². The van der Waals surface area contributed by atoms with Gasteiger partial charge in [-0.3, -0.25) is 9.89 Å². The van der Waals surface area contributed by atoms with E-state index in [0.717, 1.165) is 10.7 Å². The second-order valence-corrected chi connectivity index (χ2v) is 5.67. The van der Waals surface area contributed by atoms with E-state index in [9.17, 15) is 4.79 Å². The maximum absolute atomic E-state index is 12.0. The fourth-order valence-electron chi connectivity index (χ4n) is 1.86. The van der Waals surface area contributed by atoms with Crippen LogP contribution in [0.25, 0.3) is 0 Å². The number of benzene rings is 1. The molecule has 3 rings (SSSR count). The van der Waals surface area contributed by atoms with Gasteiger partial charge in [0.2, 0.25) is 0 Å². The Balaban J connectivity index is 1.58. The van der Waals surface area contributed by atoms with Crippen LogP contribution in [0.4, 0.5) is 5.69 Å². The average molecular weight is 314 g/mol. The minimum atomic E-state index is -0.192. The van der Waals surface area contributed by atoms with E-state index in [2.05, 4.69) is 20.5 Å². The second kappa shape index (κ2) is 6.40. The first-order valence-electron chi connectivity index (χ1n) is 6.65. The van der Waals surface area contributed by atoms with Crippen LogP contribution in [0.2, 0.25) is 0 Å². The number of anilines is 1. The molecule has 6 nitrogen and oxygen atoms in total. The molecule has 3 aromatic rings. The van der Waals surface area contributed by atoms with Crippen molar-refractivity contribution in [1.29, 1.82) is 0 Å². The summed E-state index contributed by atoms with van der Waals surface area (Å²) in [6, 6.07) is 6.97. The van der Waals surface area contributed by atoms with Crippen molar-refractivity contribution in [2.45, 2.75) is 13.5 Å². The molecule has 0 bridgehead atoms. The summed E-state index contributed by atoms with van der Waals surface area (Å²) in [5, 5.41) is 12.1. The van der Waals surface area contributed by atoms with Gasteiger partial charge in [0.25, 0.3) is 5.91 Å². The van der Waals surface area contributed by atoms with Gasteiger partial charge in [-0.1, -0.05) is 0 Å². The Morgan fingerprint density at radius 2 is 2.18 bits per heavy atom. The van der Waals surface area contributed by atoms with Crippen LogP contribution in [-0.2, 0) is 6.61 Å². The van der Waals surface area contributed by atoms with Gasteiger partial charge in [-0.05, 0) is 31.2 Å². The predicted molar refractivity (Wildman–Crippen MR) is 84.2 cm³/mol. The fraction of sp³-hybridized carbons (Fsp3) is 0.133. The Bertz CT molecular complexity index is 750. The number of thiazole rings is 1. The molecule has 2 aromatic heterocycles. The molecule has 0 aliphatic rings. The minimum Gasteiger partial charge on any atom is -0.487 e. The number of aromatic nitrogens is 3. The first-order valence-corrected chi connectivity index (χ1v) is 7.53. The van der Waals surface area contributed by atoms with E-state index >= 15 is 0 Å². The van der Waals surface area contributed by atoms with Crippen LogP contribution >= 0.6 is 11.3 Å². The number of carbonyl (C=O) groups excluding carboxylic acids is 1. The molecule has 0 unspecified atom stereocenters. The van der Waals surface area contributed by atoms with Gasteiger partial charge in [0.05, 0.1) is 22.6 Å². The van der Waals surface area contributed by atoms with Crippen LogP contribution < -0.4 is 10.1 Å². The maximum atomic E-state index is 12.0. The van der Waals surface area contributed by atoms with Gasteiger partial charge < -0.3 is 10.1 Å². The number of rotatable bonds is 5. The van der Waals surface area contributed by atoms with Gasteiger partial charge in [-0.25, -0.2) is 4.98 Å². The van der Waals surface area contributed by atoms with Gasteiger partial charge in [0.15, 0.2) is 0 Å². The van der Waals surface area contributed by atoms with Gasteiger partial charge in [-0.2, -0.15) is 5.10 Å². The Labute approximate surface area is 131 Å². The molecule has 0 saturated heterocycles. The van der Waals surface area contributed by atoms with E-state index in [-0.39, 0.29) is 5.91 Å². The fourth-order valence-corrected chi connectivity index (χ4v) is 2.45. The number of nitrogens with zero attached hydrogens (tertiary/aromatic N) is 2. The standard InChI is InChI=1S/C15H14N4O2S/c1-10-18-13(9-22-10)8-21-14-4-2-11(3-5-14)15(20)19-12-6-16-17-7-12/h2-7,9H,8H2,1H3,(H,16,17)(H,19,20). The molecule has 7 heteroatoms. The molecule has 0 atom stereocenters. The lowest BCUT2D eigenvalue weighted by atomic mass is 10.2. The SMILES string of the molecule is Cc1nc(COc2ccc(C(=O)Nc3cn[nH]c3)cc2)cs1. The quantitative estimate of drug-likeness (QED) is 0.758. The zero-order valence-electron chi connectivity index (χ0n) is 11.9. The van der Waals surface area contributed by atoms with Gasteiger partial charge >= 0.3 is 0 Å². The highest BCUT2D eigenvalue weighted by Gasteiger charge is 2.07. The first kappa shape index (κ1) is 14.3. The summed E-state index contributed by atoms with van der Waals surface area (Å²) >= 11 is 1.60. The van der Waals surface area contributed by atoms with Crippen molar-refractivity contribution in [1.82, 2.24) is 15.2 Å². The highest BCUT2D eigenvalue weighted by atomic mass is 32.1. The third kappa shape index (κ3) is 3.50. The third-order valence-electron chi connectivity index (χ3n) is 2.93. The Morgan fingerprint density at radius 3 is 2.82 bits per heavy atom. The summed E-state index contributed by atoms with van der Waals surface area (Å²) in [6.07, 6.45) is 3.16. The molecule has 2 N–H and O–H groups in total.